The molecule has 0 atom stereocenters. The fourth-order valence-corrected chi connectivity index (χ4v) is 6.75. The van der Waals surface area contributed by atoms with Crippen molar-refractivity contribution in [2.24, 2.45) is 21.1 Å². The van der Waals surface area contributed by atoms with Gasteiger partial charge in [-0.15, -0.1) is 11.3 Å². The normalized spacial score (nSPS) is 12.6. The van der Waals surface area contributed by atoms with Gasteiger partial charge >= 0.3 is 0 Å². The third-order valence-corrected chi connectivity index (χ3v) is 9.27. The third-order valence-electron chi connectivity index (χ3n) is 7.77. The highest BCUT2D eigenvalue weighted by Gasteiger charge is 2.19. The zero-order chi connectivity index (χ0) is 26.5. The second-order valence-corrected chi connectivity index (χ2v) is 12.7. The molecule has 190 valence electrons. The van der Waals surface area contributed by atoms with Crippen LogP contribution >= 0.6 is 22.9 Å². The van der Waals surface area contributed by atoms with E-state index in [1.165, 1.54) is 25.7 Å². The van der Waals surface area contributed by atoms with E-state index in [1.807, 2.05) is 35.1 Å². The number of halogens is 1. The Morgan fingerprint density at radius 3 is 1.76 bits per heavy atom. The number of nitrogens with zero attached hydrogens (tertiary/aromatic N) is 5. The summed E-state index contributed by atoms with van der Waals surface area (Å²) < 4.78 is 8.84. The van der Waals surface area contributed by atoms with Gasteiger partial charge in [-0.25, -0.2) is 9.97 Å². The number of hydrogen-bond donors (Lipinski definition) is 0. The number of rotatable bonds is 2. The lowest BCUT2D eigenvalue weighted by Gasteiger charge is -2.19. The van der Waals surface area contributed by atoms with Crippen molar-refractivity contribution in [1.82, 2.24) is 23.7 Å². The predicted molar refractivity (Wildman–Crippen MR) is 161 cm³/mol. The maximum absolute atomic E-state index is 6.31. The topological polar surface area (TPSA) is 40.6 Å². The van der Waals surface area contributed by atoms with E-state index in [2.05, 4.69) is 92.5 Å². The van der Waals surface area contributed by atoms with Crippen LogP contribution in [0.1, 0.15) is 26.3 Å². The van der Waals surface area contributed by atoms with Gasteiger partial charge in [-0.2, -0.15) is 0 Å². The van der Waals surface area contributed by atoms with Crippen LogP contribution in [-0.2, 0) is 26.6 Å². The molecule has 3 aromatic carbocycles. The summed E-state index contributed by atoms with van der Waals surface area (Å²) in [5.41, 5.74) is 7.83. The number of benzene rings is 3. The molecule has 0 amide bonds. The number of hydrogen-bond acceptors (Lipinski definition) is 3. The smallest absolute Gasteiger partial charge is 0.157 e. The Morgan fingerprint density at radius 1 is 0.684 bits per heavy atom. The van der Waals surface area contributed by atoms with Crippen LogP contribution in [0, 0.1) is 0 Å². The monoisotopic (exact) mass is 537 g/mol. The van der Waals surface area contributed by atoms with Crippen LogP contribution in [0.4, 0.5) is 0 Å². The quantitative estimate of drug-likeness (QED) is 0.222. The van der Waals surface area contributed by atoms with Crippen molar-refractivity contribution >= 4 is 65.2 Å². The standard InChI is InChI=1S/C31H28ClN5S/c1-31(2,3)18-9-7-17(8-10-18)29-33-21-13-19-20-14-22-25(16-27(20)38-26(19)15-24(21)36(29)5)37(6)30(34-22)23-11-12-28(32)35(23)4/h7-16H,1-6H3. The lowest BCUT2D eigenvalue weighted by atomic mass is 9.87. The largest absolute Gasteiger partial charge is 0.332 e. The minimum atomic E-state index is 0.129. The van der Waals surface area contributed by atoms with Gasteiger partial charge in [-0.1, -0.05) is 56.6 Å². The summed E-state index contributed by atoms with van der Waals surface area (Å²) in [5, 5.41) is 3.14. The molecule has 4 heterocycles. The molecule has 0 fully saturated rings. The Kier molecular flexibility index (Phi) is 4.92. The van der Waals surface area contributed by atoms with Crippen molar-refractivity contribution in [3.63, 3.8) is 0 Å². The lowest BCUT2D eigenvalue weighted by Crippen LogP contribution is -2.10. The van der Waals surface area contributed by atoms with Gasteiger partial charge in [0.05, 0.1) is 27.8 Å². The van der Waals surface area contributed by atoms with Crippen molar-refractivity contribution in [2.45, 2.75) is 26.2 Å². The maximum atomic E-state index is 6.31. The van der Waals surface area contributed by atoms with Gasteiger partial charge in [-0.3, -0.25) is 0 Å². The molecular weight excluding hydrogens is 510 g/mol. The molecular formula is C31H28ClN5S. The average molecular weight is 538 g/mol. The number of thiophene rings is 1. The summed E-state index contributed by atoms with van der Waals surface area (Å²) in [5.74, 6) is 1.89. The average Bonchev–Trinajstić information content (AvgIpc) is 3.60. The van der Waals surface area contributed by atoms with E-state index in [4.69, 9.17) is 21.6 Å². The Labute approximate surface area is 229 Å². The highest BCUT2D eigenvalue weighted by Crippen LogP contribution is 2.40. The summed E-state index contributed by atoms with van der Waals surface area (Å²) in [6.45, 7) is 6.72. The maximum Gasteiger partial charge on any atom is 0.157 e. The molecule has 0 aliphatic carbocycles. The number of fused-ring (bicyclic) bond motifs is 5. The van der Waals surface area contributed by atoms with Gasteiger partial charge in [0, 0.05) is 46.9 Å². The summed E-state index contributed by atoms with van der Waals surface area (Å²) in [6.07, 6.45) is 0. The van der Waals surface area contributed by atoms with Gasteiger partial charge in [0.25, 0.3) is 0 Å². The van der Waals surface area contributed by atoms with Crippen LogP contribution in [0.3, 0.4) is 0 Å². The zero-order valence-corrected chi connectivity index (χ0v) is 23.9. The molecule has 0 aliphatic heterocycles. The number of imidazole rings is 2. The minimum Gasteiger partial charge on any atom is -0.332 e. The molecule has 0 N–H and O–H groups in total. The first-order valence-electron chi connectivity index (χ1n) is 12.7. The first-order valence-corrected chi connectivity index (χ1v) is 13.9. The van der Waals surface area contributed by atoms with E-state index < -0.39 is 0 Å². The molecule has 7 aromatic rings. The summed E-state index contributed by atoms with van der Waals surface area (Å²) in [6, 6.07) is 21.8. The lowest BCUT2D eigenvalue weighted by molar-refractivity contribution is 0.590. The van der Waals surface area contributed by atoms with Crippen LogP contribution < -0.4 is 0 Å². The summed E-state index contributed by atoms with van der Waals surface area (Å²) in [4.78, 5) is 10.1. The van der Waals surface area contributed by atoms with Crippen molar-refractivity contribution in [1.29, 1.82) is 0 Å². The second kappa shape index (κ2) is 7.95. The Morgan fingerprint density at radius 2 is 1.24 bits per heavy atom. The molecule has 0 radical (unpaired) electrons. The molecule has 5 nitrogen and oxygen atoms in total. The number of aryl methyl sites for hydroxylation is 2. The van der Waals surface area contributed by atoms with E-state index >= 15 is 0 Å². The Balaban J connectivity index is 1.38. The van der Waals surface area contributed by atoms with Gasteiger partial charge in [0.1, 0.15) is 11.0 Å². The molecule has 7 rings (SSSR count). The van der Waals surface area contributed by atoms with Crippen LogP contribution in [0.15, 0.2) is 60.7 Å². The van der Waals surface area contributed by atoms with Crippen molar-refractivity contribution in [3.8, 4) is 22.9 Å². The van der Waals surface area contributed by atoms with Crippen molar-refractivity contribution in [2.75, 3.05) is 0 Å². The van der Waals surface area contributed by atoms with E-state index in [0.29, 0.717) is 5.15 Å². The van der Waals surface area contributed by atoms with E-state index in [1.54, 1.807) is 0 Å². The van der Waals surface area contributed by atoms with Crippen LogP contribution in [0.5, 0.6) is 0 Å². The first kappa shape index (κ1) is 23.5. The Hall–Kier alpha value is -3.61. The molecule has 0 spiro atoms. The van der Waals surface area contributed by atoms with Gasteiger partial charge in [-0.05, 0) is 47.4 Å². The highest BCUT2D eigenvalue weighted by atomic mass is 35.5. The van der Waals surface area contributed by atoms with E-state index in [0.717, 1.165) is 45.0 Å². The van der Waals surface area contributed by atoms with Gasteiger partial charge in [0.2, 0.25) is 0 Å². The van der Waals surface area contributed by atoms with E-state index in [-0.39, 0.29) is 5.41 Å². The van der Waals surface area contributed by atoms with Crippen LogP contribution in [-0.4, -0.2) is 23.7 Å². The van der Waals surface area contributed by atoms with Crippen LogP contribution in [0.2, 0.25) is 5.15 Å². The van der Waals surface area contributed by atoms with Gasteiger partial charge < -0.3 is 13.7 Å². The van der Waals surface area contributed by atoms with E-state index in [9.17, 15) is 0 Å². The fourth-order valence-electron chi connectivity index (χ4n) is 5.46. The molecule has 0 aliphatic rings. The van der Waals surface area contributed by atoms with Crippen molar-refractivity contribution in [3.05, 3.63) is 71.4 Å². The molecule has 0 bridgehead atoms. The summed E-state index contributed by atoms with van der Waals surface area (Å²) in [7, 11) is 6.14. The summed E-state index contributed by atoms with van der Waals surface area (Å²) >= 11 is 8.13. The number of aromatic nitrogens is 5. The molecule has 0 saturated heterocycles. The SMILES string of the molecule is Cn1c(Cl)ccc1-c1nc2cc3c(cc2n1C)sc1cc2c(cc13)nc(-c1ccc(C(C)(C)C)cc1)n2C. The molecule has 4 aromatic heterocycles. The fraction of sp³-hybridized carbons (Fsp3) is 0.226. The molecule has 0 saturated carbocycles. The predicted octanol–water partition coefficient (Wildman–Crippen LogP) is 8.45. The molecule has 7 heteroatoms. The Bertz CT molecular complexity index is 2040. The van der Waals surface area contributed by atoms with Crippen LogP contribution in [0.25, 0.3) is 65.1 Å². The molecule has 0 unspecified atom stereocenters. The highest BCUT2D eigenvalue weighted by molar-refractivity contribution is 7.26. The molecule has 38 heavy (non-hydrogen) atoms. The zero-order valence-electron chi connectivity index (χ0n) is 22.3. The van der Waals surface area contributed by atoms with Crippen molar-refractivity contribution < 1.29 is 0 Å². The third kappa shape index (κ3) is 3.36. The van der Waals surface area contributed by atoms with Gasteiger partial charge in [0.15, 0.2) is 5.82 Å². The first-order chi connectivity index (χ1) is 18.1. The minimum absolute atomic E-state index is 0.129. The second-order valence-electron chi connectivity index (χ2n) is 11.2.